The number of benzene rings is 2. The molecule has 0 amide bonds. The molecule has 3 rings (SSSR count). The first kappa shape index (κ1) is 15.4. The molecular weight excluding hydrogens is 313 g/mol. The van der Waals surface area contributed by atoms with Gasteiger partial charge in [-0.1, -0.05) is 35.9 Å². The molecule has 1 aromatic heterocycles. The van der Waals surface area contributed by atoms with Crippen LogP contribution in [0.4, 0.5) is 4.39 Å². The van der Waals surface area contributed by atoms with E-state index in [0.717, 1.165) is 16.7 Å². The van der Waals surface area contributed by atoms with Crippen LogP contribution in [0.5, 0.6) is 0 Å². The summed E-state index contributed by atoms with van der Waals surface area (Å²) in [6.45, 7) is 2.03. The molecule has 0 aliphatic carbocycles. The molecule has 2 aromatic carbocycles. The fourth-order valence-electron chi connectivity index (χ4n) is 2.39. The number of hydrogen-bond acceptors (Lipinski definition) is 2. The van der Waals surface area contributed by atoms with Crippen molar-refractivity contribution in [2.45, 2.75) is 13.0 Å². The Balaban J connectivity index is 2.05. The van der Waals surface area contributed by atoms with Gasteiger partial charge >= 0.3 is 0 Å². The molecule has 0 bridgehead atoms. The van der Waals surface area contributed by atoms with Crippen molar-refractivity contribution in [2.75, 3.05) is 0 Å². The first-order valence-electron chi connectivity index (χ1n) is 7.21. The molecule has 0 aliphatic heterocycles. The zero-order valence-electron chi connectivity index (χ0n) is 12.5. The van der Waals surface area contributed by atoms with Gasteiger partial charge in [0.15, 0.2) is 0 Å². The van der Waals surface area contributed by atoms with Crippen LogP contribution in [0.15, 0.2) is 61.2 Å². The summed E-state index contributed by atoms with van der Waals surface area (Å²) in [5.41, 5.74) is 2.96. The van der Waals surface area contributed by atoms with Crippen LogP contribution in [0.3, 0.4) is 0 Å². The number of hydrogen-bond donors (Lipinski definition) is 0. The summed E-state index contributed by atoms with van der Waals surface area (Å²) in [5, 5.41) is 4.90. The molecule has 0 spiro atoms. The van der Waals surface area contributed by atoms with Gasteiger partial charge < -0.3 is 0 Å². The highest BCUT2D eigenvalue weighted by atomic mass is 35.5. The lowest BCUT2D eigenvalue weighted by molar-refractivity contribution is 0.593. The Morgan fingerprint density at radius 2 is 1.83 bits per heavy atom. The maximum atomic E-state index is 13.2. The SMILES string of the molecule is CC(C(=Cc1ccc(Cl)cc1)c1ccc(F)cc1)n1cncn1. The van der Waals surface area contributed by atoms with Gasteiger partial charge in [-0.05, 0) is 54.0 Å². The van der Waals surface area contributed by atoms with Gasteiger partial charge in [0.1, 0.15) is 18.5 Å². The Morgan fingerprint density at radius 1 is 1.13 bits per heavy atom. The van der Waals surface area contributed by atoms with Crippen molar-refractivity contribution in [1.29, 1.82) is 0 Å². The Morgan fingerprint density at radius 3 is 2.43 bits per heavy atom. The summed E-state index contributed by atoms with van der Waals surface area (Å²) in [6.07, 6.45) is 5.22. The normalized spacial score (nSPS) is 13.1. The van der Waals surface area contributed by atoms with E-state index in [4.69, 9.17) is 11.6 Å². The van der Waals surface area contributed by atoms with Crippen molar-refractivity contribution >= 4 is 23.3 Å². The Kier molecular flexibility index (Phi) is 4.53. The topological polar surface area (TPSA) is 30.7 Å². The van der Waals surface area contributed by atoms with E-state index in [1.165, 1.54) is 18.5 Å². The minimum absolute atomic E-state index is 0.0429. The second-order valence-corrected chi connectivity index (χ2v) is 5.65. The van der Waals surface area contributed by atoms with Gasteiger partial charge in [0.2, 0.25) is 0 Å². The lowest BCUT2D eigenvalue weighted by Crippen LogP contribution is -2.08. The second kappa shape index (κ2) is 6.75. The third kappa shape index (κ3) is 3.66. The third-order valence-electron chi connectivity index (χ3n) is 3.65. The highest BCUT2D eigenvalue weighted by Crippen LogP contribution is 2.29. The summed E-state index contributed by atoms with van der Waals surface area (Å²) in [5.74, 6) is -0.256. The van der Waals surface area contributed by atoms with E-state index in [1.807, 2.05) is 31.2 Å². The van der Waals surface area contributed by atoms with Crippen molar-refractivity contribution in [2.24, 2.45) is 0 Å². The highest BCUT2D eigenvalue weighted by molar-refractivity contribution is 6.30. The Labute approximate surface area is 139 Å². The second-order valence-electron chi connectivity index (χ2n) is 5.21. The summed E-state index contributed by atoms with van der Waals surface area (Å²) in [4.78, 5) is 4.00. The lowest BCUT2D eigenvalue weighted by Gasteiger charge is -2.17. The van der Waals surface area contributed by atoms with Gasteiger partial charge in [0, 0.05) is 5.02 Å². The minimum Gasteiger partial charge on any atom is -0.246 e. The van der Waals surface area contributed by atoms with Crippen LogP contribution in [0, 0.1) is 5.82 Å². The molecule has 1 unspecified atom stereocenters. The molecule has 1 atom stereocenters. The van der Waals surface area contributed by atoms with Gasteiger partial charge in [0.25, 0.3) is 0 Å². The van der Waals surface area contributed by atoms with Crippen molar-refractivity contribution in [3.8, 4) is 0 Å². The van der Waals surface area contributed by atoms with Gasteiger partial charge in [-0.25, -0.2) is 14.1 Å². The number of aromatic nitrogens is 3. The van der Waals surface area contributed by atoms with Crippen molar-refractivity contribution in [3.63, 3.8) is 0 Å². The zero-order valence-corrected chi connectivity index (χ0v) is 13.3. The number of nitrogens with zero attached hydrogens (tertiary/aromatic N) is 3. The zero-order chi connectivity index (χ0) is 16.2. The van der Waals surface area contributed by atoms with Gasteiger partial charge in [0.05, 0.1) is 6.04 Å². The van der Waals surface area contributed by atoms with E-state index in [9.17, 15) is 4.39 Å². The van der Waals surface area contributed by atoms with Crippen molar-refractivity contribution in [3.05, 3.63) is 83.2 Å². The molecule has 0 saturated heterocycles. The fourth-order valence-corrected chi connectivity index (χ4v) is 2.51. The molecule has 23 heavy (non-hydrogen) atoms. The lowest BCUT2D eigenvalue weighted by atomic mass is 9.97. The standard InChI is InChI=1S/C18H15ClFN3/c1-13(23-12-21-11-22-23)18(15-4-8-17(20)9-5-15)10-14-2-6-16(19)7-3-14/h2-13H,1H3. The summed E-state index contributed by atoms with van der Waals surface area (Å²) < 4.78 is 15.0. The smallest absolute Gasteiger partial charge is 0.137 e. The molecule has 5 heteroatoms. The maximum Gasteiger partial charge on any atom is 0.137 e. The van der Waals surface area contributed by atoms with Crippen LogP contribution >= 0.6 is 11.6 Å². The maximum absolute atomic E-state index is 13.2. The molecular formula is C18H15ClFN3. The average molecular weight is 328 g/mol. The molecule has 0 N–H and O–H groups in total. The summed E-state index contributed by atoms with van der Waals surface area (Å²) in [6, 6.07) is 14.0. The largest absolute Gasteiger partial charge is 0.246 e. The van der Waals surface area contributed by atoms with Crippen LogP contribution in [-0.2, 0) is 0 Å². The van der Waals surface area contributed by atoms with E-state index in [2.05, 4.69) is 16.2 Å². The summed E-state index contributed by atoms with van der Waals surface area (Å²) in [7, 11) is 0. The first-order valence-corrected chi connectivity index (χ1v) is 7.58. The average Bonchev–Trinajstić information content (AvgIpc) is 3.09. The Hall–Kier alpha value is -2.46. The number of rotatable bonds is 4. The fraction of sp³-hybridized carbons (Fsp3) is 0.111. The molecule has 0 fully saturated rings. The predicted molar refractivity (Wildman–Crippen MR) is 90.5 cm³/mol. The van der Waals surface area contributed by atoms with Crippen LogP contribution in [0.25, 0.3) is 11.6 Å². The molecule has 3 aromatic rings. The van der Waals surface area contributed by atoms with E-state index in [0.29, 0.717) is 5.02 Å². The monoisotopic (exact) mass is 327 g/mol. The minimum atomic E-state index is -0.256. The molecule has 1 heterocycles. The van der Waals surface area contributed by atoms with Crippen molar-refractivity contribution in [1.82, 2.24) is 14.8 Å². The number of allylic oxidation sites excluding steroid dienone is 1. The molecule has 0 radical (unpaired) electrons. The Bertz CT molecular complexity index is 793. The third-order valence-corrected chi connectivity index (χ3v) is 3.91. The van der Waals surface area contributed by atoms with Crippen LogP contribution in [-0.4, -0.2) is 14.8 Å². The van der Waals surface area contributed by atoms with E-state index < -0.39 is 0 Å². The highest BCUT2D eigenvalue weighted by Gasteiger charge is 2.14. The number of halogens is 2. The molecule has 0 saturated carbocycles. The molecule has 0 aliphatic rings. The molecule has 116 valence electrons. The first-order chi connectivity index (χ1) is 11.1. The quantitative estimate of drug-likeness (QED) is 0.640. The van der Waals surface area contributed by atoms with Gasteiger partial charge in [-0.2, -0.15) is 5.10 Å². The van der Waals surface area contributed by atoms with E-state index in [-0.39, 0.29) is 11.9 Å². The van der Waals surface area contributed by atoms with E-state index >= 15 is 0 Å². The van der Waals surface area contributed by atoms with Crippen LogP contribution < -0.4 is 0 Å². The van der Waals surface area contributed by atoms with Crippen LogP contribution in [0.1, 0.15) is 24.1 Å². The summed E-state index contributed by atoms with van der Waals surface area (Å²) >= 11 is 5.94. The van der Waals surface area contributed by atoms with Crippen LogP contribution in [0.2, 0.25) is 5.02 Å². The van der Waals surface area contributed by atoms with Crippen molar-refractivity contribution < 1.29 is 4.39 Å². The predicted octanol–water partition coefficient (Wildman–Crippen LogP) is 4.87. The molecule has 3 nitrogen and oxygen atoms in total. The van der Waals surface area contributed by atoms with Gasteiger partial charge in [-0.15, -0.1) is 0 Å². The van der Waals surface area contributed by atoms with Gasteiger partial charge in [-0.3, -0.25) is 0 Å². The van der Waals surface area contributed by atoms with E-state index in [1.54, 1.807) is 23.1 Å².